The minimum Gasteiger partial charge on any atom is -0.360 e. The Bertz CT molecular complexity index is 127. The van der Waals surface area contributed by atoms with Crippen molar-refractivity contribution in [3.63, 3.8) is 0 Å². The fourth-order valence-electron chi connectivity index (χ4n) is 1.36. The molecule has 0 amide bonds. The lowest BCUT2D eigenvalue weighted by Gasteiger charge is -2.17. The fourth-order valence-corrected chi connectivity index (χ4v) is 1.69. The number of rotatable bonds is 3. The standard InChI is InChI=1S/C8H16BrNO/c1-8(2)10-7(6-11-8)4-3-5-9/h7,10H,3-6H2,1-2H3/t7-/m0/s1. The normalized spacial score (nSPS) is 29.2. The second-order valence-corrected chi connectivity index (χ2v) is 4.29. The minimum atomic E-state index is -0.100. The van der Waals surface area contributed by atoms with Gasteiger partial charge in [0.15, 0.2) is 0 Å². The molecule has 1 atom stereocenters. The Labute approximate surface area is 76.8 Å². The van der Waals surface area contributed by atoms with E-state index >= 15 is 0 Å². The molecule has 0 aromatic carbocycles. The molecule has 1 fully saturated rings. The zero-order valence-corrected chi connectivity index (χ0v) is 8.78. The zero-order valence-electron chi connectivity index (χ0n) is 7.19. The zero-order chi connectivity index (χ0) is 8.32. The average Bonchev–Trinajstić information content (AvgIpc) is 2.26. The Balaban J connectivity index is 2.20. The van der Waals surface area contributed by atoms with E-state index in [1.807, 2.05) is 0 Å². The van der Waals surface area contributed by atoms with Crippen LogP contribution in [0.15, 0.2) is 0 Å². The summed E-state index contributed by atoms with van der Waals surface area (Å²) in [6.45, 7) is 5.00. The predicted octanol–water partition coefficient (Wildman–Crippen LogP) is 1.89. The first-order chi connectivity index (χ1) is 5.14. The molecule has 0 aliphatic carbocycles. The minimum absolute atomic E-state index is 0.100. The van der Waals surface area contributed by atoms with Crippen LogP contribution in [0, 0.1) is 0 Å². The van der Waals surface area contributed by atoms with Crippen LogP contribution in [-0.2, 0) is 4.74 Å². The van der Waals surface area contributed by atoms with Gasteiger partial charge in [-0.3, -0.25) is 5.32 Å². The number of hydrogen-bond acceptors (Lipinski definition) is 2. The van der Waals surface area contributed by atoms with Gasteiger partial charge >= 0.3 is 0 Å². The van der Waals surface area contributed by atoms with Crippen molar-refractivity contribution in [1.82, 2.24) is 5.32 Å². The van der Waals surface area contributed by atoms with Crippen LogP contribution in [-0.4, -0.2) is 23.7 Å². The van der Waals surface area contributed by atoms with Gasteiger partial charge in [0.1, 0.15) is 5.72 Å². The van der Waals surface area contributed by atoms with Crippen LogP contribution in [0.25, 0.3) is 0 Å². The number of halogens is 1. The maximum atomic E-state index is 5.52. The van der Waals surface area contributed by atoms with Crippen molar-refractivity contribution in [2.45, 2.75) is 38.5 Å². The molecule has 66 valence electrons. The Morgan fingerprint density at radius 2 is 2.36 bits per heavy atom. The number of ether oxygens (including phenoxy) is 1. The van der Waals surface area contributed by atoms with Crippen LogP contribution in [0.3, 0.4) is 0 Å². The lowest BCUT2D eigenvalue weighted by Crippen LogP contribution is -2.38. The van der Waals surface area contributed by atoms with Crippen molar-refractivity contribution in [2.24, 2.45) is 0 Å². The van der Waals surface area contributed by atoms with Crippen LogP contribution in [0.1, 0.15) is 26.7 Å². The number of alkyl halides is 1. The first-order valence-corrected chi connectivity index (χ1v) is 5.24. The Kier molecular flexibility index (Phi) is 3.34. The van der Waals surface area contributed by atoms with Crippen molar-refractivity contribution in [3.05, 3.63) is 0 Å². The molecule has 1 aliphatic heterocycles. The molecular weight excluding hydrogens is 206 g/mol. The molecule has 0 saturated carbocycles. The van der Waals surface area contributed by atoms with Gasteiger partial charge in [0.05, 0.1) is 6.61 Å². The van der Waals surface area contributed by atoms with Crippen LogP contribution in [0.4, 0.5) is 0 Å². The molecule has 0 unspecified atom stereocenters. The van der Waals surface area contributed by atoms with Gasteiger partial charge in [-0.05, 0) is 26.7 Å². The number of nitrogens with one attached hydrogen (secondary N) is 1. The largest absolute Gasteiger partial charge is 0.360 e. The predicted molar refractivity (Wildman–Crippen MR) is 50.0 cm³/mol. The van der Waals surface area contributed by atoms with Gasteiger partial charge < -0.3 is 4.74 Å². The summed E-state index contributed by atoms with van der Waals surface area (Å²) in [5, 5.41) is 4.51. The first kappa shape index (κ1) is 9.49. The summed E-state index contributed by atoms with van der Waals surface area (Å²) in [7, 11) is 0. The SMILES string of the molecule is CC1(C)N[C@@H](CCCBr)CO1. The van der Waals surface area contributed by atoms with E-state index in [2.05, 4.69) is 35.1 Å². The lowest BCUT2D eigenvalue weighted by atomic mass is 10.2. The molecule has 0 aromatic rings. The summed E-state index contributed by atoms with van der Waals surface area (Å²) in [6.07, 6.45) is 2.42. The van der Waals surface area contributed by atoms with Gasteiger partial charge in [-0.1, -0.05) is 15.9 Å². The second kappa shape index (κ2) is 3.87. The highest BCUT2D eigenvalue weighted by molar-refractivity contribution is 9.09. The van der Waals surface area contributed by atoms with Crippen molar-refractivity contribution < 1.29 is 4.74 Å². The smallest absolute Gasteiger partial charge is 0.113 e. The molecule has 1 N–H and O–H groups in total. The molecule has 1 heterocycles. The molecule has 0 spiro atoms. The van der Waals surface area contributed by atoms with Gasteiger partial charge in [-0.2, -0.15) is 0 Å². The van der Waals surface area contributed by atoms with E-state index in [1.165, 1.54) is 12.8 Å². The monoisotopic (exact) mass is 221 g/mol. The Hall–Kier alpha value is 0.400. The molecule has 1 aliphatic rings. The van der Waals surface area contributed by atoms with Gasteiger partial charge in [0.25, 0.3) is 0 Å². The summed E-state index contributed by atoms with van der Waals surface area (Å²) in [5.41, 5.74) is -0.100. The third-order valence-corrected chi connectivity index (χ3v) is 2.44. The maximum Gasteiger partial charge on any atom is 0.113 e. The van der Waals surface area contributed by atoms with Crippen molar-refractivity contribution >= 4 is 15.9 Å². The van der Waals surface area contributed by atoms with Gasteiger partial charge in [-0.15, -0.1) is 0 Å². The van der Waals surface area contributed by atoms with E-state index in [-0.39, 0.29) is 5.72 Å². The van der Waals surface area contributed by atoms with E-state index in [4.69, 9.17) is 4.74 Å². The van der Waals surface area contributed by atoms with E-state index in [9.17, 15) is 0 Å². The molecule has 1 saturated heterocycles. The summed E-state index contributed by atoms with van der Waals surface area (Å²) in [6, 6.07) is 0.558. The summed E-state index contributed by atoms with van der Waals surface area (Å²) in [4.78, 5) is 0. The number of hydrogen-bond donors (Lipinski definition) is 1. The van der Waals surface area contributed by atoms with Gasteiger partial charge in [-0.25, -0.2) is 0 Å². The van der Waals surface area contributed by atoms with E-state index in [1.54, 1.807) is 0 Å². The highest BCUT2D eigenvalue weighted by Crippen LogP contribution is 2.17. The van der Waals surface area contributed by atoms with Crippen molar-refractivity contribution in [1.29, 1.82) is 0 Å². The average molecular weight is 222 g/mol. The van der Waals surface area contributed by atoms with Crippen LogP contribution in [0.2, 0.25) is 0 Å². The topological polar surface area (TPSA) is 21.3 Å². The van der Waals surface area contributed by atoms with E-state index in [0.29, 0.717) is 6.04 Å². The van der Waals surface area contributed by atoms with Gasteiger partial charge in [0, 0.05) is 11.4 Å². The van der Waals surface area contributed by atoms with Crippen LogP contribution < -0.4 is 5.32 Å². The quantitative estimate of drug-likeness (QED) is 0.736. The van der Waals surface area contributed by atoms with Crippen molar-refractivity contribution in [2.75, 3.05) is 11.9 Å². The molecule has 2 nitrogen and oxygen atoms in total. The maximum absolute atomic E-state index is 5.52. The Morgan fingerprint density at radius 3 is 2.82 bits per heavy atom. The van der Waals surface area contributed by atoms with E-state index in [0.717, 1.165) is 11.9 Å². The van der Waals surface area contributed by atoms with Crippen molar-refractivity contribution in [3.8, 4) is 0 Å². The molecule has 11 heavy (non-hydrogen) atoms. The molecule has 0 bridgehead atoms. The molecule has 3 heteroatoms. The molecule has 0 aromatic heterocycles. The van der Waals surface area contributed by atoms with Crippen LogP contribution >= 0.6 is 15.9 Å². The molecule has 0 radical (unpaired) electrons. The lowest BCUT2D eigenvalue weighted by molar-refractivity contribution is 0.0231. The first-order valence-electron chi connectivity index (χ1n) is 4.12. The third-order valence-electron chi connectivity index (χ3n) is 1.88. The van der Waals surface area contributed by atoms with Crippen LogP contribution in [0.5, 0.6) is 0 Å². The second-order valence-electron chi connectivity index (χ2n) is 3.49. The van der Waals surface area contributed by atoms with E-state index < -0.39 is 0 Å². The summed E-state index contributed by atoms with van der Waals surface area (Å²) < 4.78 is 5.52. The summed E-state index contributed by atoms with van der Waals surface area (Å²) in [5.74, 6) is 0. The molecular formula is C8H16BrNO. The third kappa shape index (κ3) is 3.09. The fraction of sp³-hybridized carbons (Fsp3) is 1.00. The highest BCUT2D eigenvalue weighted by Gasteiger charge is 2.29. The summed E-state index contributed by atoms with van der Waals surface area (Å²) >= 11 is 3.42. The Morgan fingerprint density at radius 1 is 1.64 bits per heavy atom. The molecule has 1 rings (SSSR count). The highest BCUT2D eigenvalue weighted by atomic mass is 79.9. The van der Waals surface area contributed by atoms with Gasteiger partial charge in [0.2, 0.25) is 0 Å².